The van der Waals surface area contributed by atoms with E-state index >= 15 is 0 Å². The Morgan fingerprint density at radius 3 is 2.54 bits per heavy atom. The minimum Gasteiger partial charge on any atom is -0.480 e. The van der Waals surface area contributed by atoms with Crippen LogP contribution in [0.4, 0.5) is 4.79 Å². The van der Waals surface area contributed by atoms with Crippen molar-refractivity contribution in [3.63, 3.8) is 0 Å². The first kappa shape index (κ1) is 20.3. The molecule has 1 aliphatic rings. The van der Waals surface area contributed by atoms with E-state index in [0.717, 1.165) is 6.42 Å². The largest absolute Gasteiger partial charge is 0.480 e. The lowest BCUT2D eigenvalue weighted by Crippen LogP contribution is -2.56. The van der Waals surface area contributed by atoms with Crippen molar-refractivity contribution in [1.82, 2.24) is 15.5 Å². The number of rotatable bonds is 7. The molecule has 0 spiro atoms. The van der Waals surface area contributed by atoms with Gasteiger partial charge in [-0.1, -0.05) is 27.2 Å². The summed E-state index contributed by atoms with van der Waals surface area (Å²) in [5.41, 5.74) is -1.26. The molecule has 2 unspecified atom stereocenters. The third-order valence-corrected chi connectivity index (χ3v) is 4.36. The third-order valence-electron chi connectivity index (χ3n) is 4.36. The van der Waals surface area contributed by atoms with Crippen LogP contribution in [-0.4, -0.2) is 53.1 Å². The molecule has 0 aromatic heterocycles. The minimum absolute atomic E-state index is 0.157. The van der Waals surface area contributed by atoms with Gasteiger partial charge >= 0.3 is 12.0 Å². The molecule has 0 bridgehead atoms. The lowest BCUT2D eigenvalue weighted by atomic mass is 9.92. The number of carbonyl (C=O) groups is 3. The standard InChI is InChI=1S/C17H31N3O4/c1-5-8-17(4,15(22)23)19-14(21)13-7-6-9-20(11-13)16(24)18-10-12(2)3/h12-13H,5-11H2,1-4H3,(H,18,24)(H,19,21)(H,22,23). The Kier molecular flexibility index (Phi) is 7.51. The third kappa shape index (κ3) is 5.69. The summed E-state index contributed by atoms with van der Waals surface area (Å²) in [5.74, 6) is -1.31. The smallest absolute Gasteiger partial charge is 0.329 e. The van der Waals surface area contributed by atoms with Crippen LogP contribution in [0, 0.1) is 11.8 Å². The first-order valence-electron chi connectivity index (χ1n) is 8.77. The summed E-state index contributed by atoms with van der Waals surface area (Å²) in [6.07, 6.45) is 2.45. The molecule has 1 heterocycles. The van der Waals surface area contributed by atoms with Crippen molar-refractivity contribution in [2.24, 2.45) is 11.8 Å². The fraction of sp³-hybridized carbons (Fsp3) is 0.824. The van der Waals surface area contributed by atoms with E-state index in [-0.39, 0.29) is 17.9 Å². The maximum atomic E-state index is 12.5. The molecular formula is C17H31N3O4. The lowest BCUT2D eigenvalue weighted by Gasteiger charge is -2.34. The highest BCUT2D eigenvalue weighted by atomic mass is 16.4. The van der Waals surface area contributed by atoms with Gasteiger partial charge in [0.2, 0.25) is 5.91 Å². The van der Waals surface area contributed by atoms with Crippen LogP contribution in [0.2, 0.25) is 0 Å². The summed E-state index contributed by atoms with van der Waals surface area (Å²) < 4.78 is 0. The average Bonchev–Trinajstić information content (AvgIpc) is 2.52. The molecule has 7 nitrogen and oxygen atoms in total. The second-order valence-corrected chi connectivity index (χ2v) is 7.24. The molecule has 138 valence electrons. The second-order valence-electron chi connectivity index (χ2n) is 7.24. The normalized spacial score (nSPS) is 20.4. The maximum absolute atomic E-state index is 12.5. The minimum atomic E-state index is -1.26. The zero-order valence-corrected chi connectivity index (χ0v) is 15.2. The molecule has 3 N–H and O–H groups in total. The molecule has 1 aliphatic heterocycles. The van der Waals surface area contributed by atoms with Gasteiger partial charge in [-0.3, -0.25) is 4.79 Å². The van der Waals surface area contributed by atoms with Crippen molar-refractivity contribution in [1.29, 1.82) is 0 Å². The second kappa shape index (κ2) is 8.89. The first-order valence-corrected chi connectivity index (χ1v) is 8.77. The molecule has 3 amide bonds. The number of carboxylic acids is 1. The number of urea groups is 1. The first-order chi connectivity index (χ1) is 11.2. The van der Waals surface area contributed by atoms with E-state index in [1.54, 1.807) is 4.90 Å². The number of nitrogens with one attached hydrogen (secondary N) is 2. The highest BCUT2D eigenvalue weighted by molar-refractivity contribution is 5.88. The number of aliphatic carboxylic acids is 1. The highest BCUT2D eigenvalue weighted by Crippen LogP contribution is 2.20. The number of hydrogen-bond donors (Lipinski definition) is 3. The highest BCUT2D eigenvalue weighted by Gasteiger charge is 2.37. The summed E-state index contributed by atoms with van der Waals surface area (Å²) in [6, 6.07) is -0.157. The molecule has 0 aromatic rings. The summed E-state index contributed by atoms with van der Waals surface area (Å²) in [6.45, 7) is 9.01. The van der Waals surface area contributed by atoms with Gasteiger partial charge in [-0.05, 0) is 32.1 Å². The van der Waals surface area contributed by atoms with Crippen molar-refractivity contribution in [2.45, 2.75) is 58.9 Å². The Labute approximate surface area is 144 Å². The molecule has 0 aliphatic carbocycles. The van der Waals surface area contributed by atoms with E-state index in [1.165, 1.54) is 6.92 Å². The fourth-order valence-corrected chi connectivity index (χ4v) is 2.88. The van der Waals surface area contributed by atoms with Crippen LogP contribution in [0.25, 0.3) is 0 Å². The van der Waals surface area contributed by atoms with Gasteiger partial charge in [0.1, 0.15) is 5.54 Å². The summed E-state index contributed by atoms with van der Waals surface area (Å²) in [5, 5.41) is 14.9. The van der Waals surface area contributed by atoms with E-state index in [0.29, 0.717) is 44.8 Å². The van der Waals surface area contributed by atoms with Gasteiger partial charge in [0.05, 0.1) is 5.92 Å². The topological polar surface area (TPSA) is 98.7 Å². The summed E-state index contributed by atoms with van der Waals surface area (Å²) >= 11 is 0. The molecule has 1 rings (SSSR count). The number of nitrogens with zero attached hydrogens (tertiary/aromatic N) is 1. The maximum Gasteiger partial charge on any atom is 0.329 e. The van der Waals surface area contributed by atoms with Gasteiger partial charge in [-0.25, -0.2) is 9.59 Å². The Balaban J connectivity index is 2.64. The van der Waals surface area contributed by atoms with Gasteiger partial charge in [0, 0.05) is 19.6 Å². The Morgan fingerprint density at radius 1 is 1.33 bits per heavy atom. The van der Waals surface area contributed by atoms with Crippen LogP contribution in [0.3, 0.4) is 0 Å². The fourth-order valence-electron chi connectivity index (χ4n) is 2.88. The number of likely N-dealkylation sites (tertiary alicyclic amines) is 1. The van der Waals surface area contributed by atoms with Crippen molar-refractivity contribution >= 4 is 17.9 Å². The van der Waals surface area contributed by atoms with E-state index < -0.39 is 11.5 Å². The van der Waals surface area contributed by atoms with Crippen LogP contribution in [0.15, 0.2) is 0 Å². The molecular weight excluding hydrogens is 310 g/mol. The van der Waals surface area contributed by atoms with Gasteiger partial charge < -0.3 is 20.6 Å². The molecule has 0 aromatic carbocycles. The van der Waals surface area contributed by atoms with Crippen LogP contribution < -0.4 is 10.6 Å². The quantitative estimate of drug-likeness (QED) is 0.658. The Morgan fingerprint density at radius 2 is 2.00 bits per heavy atom. The summed E-state index contributed by atoms with van der Waals surface area (Å²) in [7, 11) is 0. The van der Waals surface area contributed by atoms with E-state index in [9.17, 15) is 19.5 Å². The average molecular weight is 341 g/mol. The summed E-state index contributed by atoms with van der Waals surface area (Å²) in [4.78, 5) is 37.8. The van der Waals surface area contributed by atoms with Crippen molar-refractivity contribution in [3.8, 4) is 0 Å². The Hall–Kier alpha value is -1.79. The molecule has 0 radical (unpaired) electrons. The van der Waals surface area contributed by atoms with Crippen molar-refractivity contribution in [3.05, 3.63) is 0 Å². The lowest BCUT2D eigenvalue weighted by molar-refractivity contribution is -0.148. The van der Waals surface area contributed by atoms with Gasteiger partial charge in [-0.2, -0.15) is 0 Å². The number of piperidine rings is 1. The van der Waals surface area contributed by atoms with E-state index in [1.807, 2.05) is 20.8 Å². The van der Waals surface area contributed by atoms with Gasteiger partial charge in [0.15, 0.2) is 0 Å². The zero-order chi connectivity index (χ0) is 18.3. The van der Waals surface area contributed by atoms with Gasteiger partial charge in [0.25, 0.3) is 0 Å². The Bertz CT molecular complexity index is 467. The predicted molar refractivity (Wildman–Crippen MR) is 91.6 cm³/mol. The number of hydrogen-bond acceptors (Lipinski definition) is 3. The zero-order valence-electron chi connectivity index (χ0n) is 15.2. The van der Waals surface area contributed by atoms with E-state index in [2.05, 4.69) is 10.6 Å². The molecule has 2 atom stereocenters. The van der Waals surface area contributed by atoms with Crippen LogP contribution >= 0.6 is 0 Å². The predicted octanol–water partition coefficient (Wildman–Crippen LogP) is 1.82. The SMILES string of the molecule is CCCC(C)(NC(=O)C1CCCN(C(=O)NCC(C)C)C1)C(=O)O. The number of carboxylic acid groups (broad SMARTS) is 1. The van der Waals surface area contributed by atoms with Crippen molar-refractivity contribution in [2.75, 3.05) is 19.6 Å². The van der Waals surface area contributed by atoms with Crippen LogP contribution in [-0.2, 0) is 9.59 Å². The number of amides is 3. The molecule has 24 heavy (non-hydrogen) atoms. The van der Waals surface area contributed by atoms with Gasteiger partial charge in [-0.15, -0.1) is 0 Å². The van der Waals surface area contributed by atoms with Crippen molar-refractivity contribution < 1.29 is 19.5 Å². The molecule has 0 saturated carbocycles. The monoisotopic (exact) mass is 341 g/mol. The van der Waals surface area contributed by atoms with Crippen LogP contribution in [0.5, 0.6) is 0 Å². The molecule has 1 fully saturated rings. The van der Waals surface area contributed by atoms with E-state index in [4.69, 9.17) is 0 Å². The molecule has 7 heteroatoms. The molecule has 1 saturated heterocycles. The van der Waals surface area contributed by atoms with Crippen LogP contribution in [0.1, 0.15) is 53.4 Å². The number of carbonyl (C=O) groups excluding carboxylic acids is 2.